The van der Waals surface area contributed by atoms with Crippen LogP contribution in [-0.4, -0.2) is 35.2 Å². The van der Waals surface area contributed by atoms with Crippen LogP contribution in [0.4, 0.5) is 0 Å². The van der Waals surface area contributed by atoms with Crippen molar-refractivity contribution >= 4 is 7.72 Å². The van der Waals surface area contributed by atoms with E-state index in [1.165, 1.54) is 0 Å². The molecule has 0 amide bonds. The van der Waals surface area contributed by atoms with E-state index >= 15 is 0 Å². The zero-order valence-electron chi connectivity index (χ0n) is 8.62. The van der Waals surface area contributed by atoms with Crippen LogP contribution in [0.2, 0.25) is 0 Å². The van der Waals surface area contributed by atoms with E-state index in [1.54, 1.807) is 0 Å². The molecule has 0 aromatic rings. The first-order valence-electron chi connectivity index (χ1n) is 4.76. The van der Waals surface area contributed by atoms with Crippen molar-refractivity contribution in [2.45, 2.75) is 33.2 Å². The standard InChI is InChI=1S/C8H21O4P/c1-4-7-13(9,10)8(11-5-2)12-6-3/h8-10,13H,4-7H2,1-3H3. The molecular weight excluding hydrogens is 191 g/mol. The van der Waals surface area contributed by atoms with Gasteiger partial charge in [0, 0.05) is 0 Å². The minimum atomic E-state index is -3.32. The summed E-state index contributed by atoms with van der Waals surface area (Å²) in [7, 11) is -3.32. The molecule has 0 saturated carbocycles. The first-order chi connectivity index (χ1) is 6.08. The third-order valence-electron chi connectivity index (χ3n) is 1.63. The maximum atomic E-state index is 9.68. The van der Waals surface area contributed by atoms with Gasteiger partial charge in [-0.1, -0.05) is 0 Å². The van der Waals surface area contributed by atoms with Crippen molar-refractivity contribution in [3.63, 3.8) is 0 Å². The molecule has 0 aliphatic heterocycles. The predicted molar refractivity (Wildman–Crippen MR) is 55.0 cm³/mol. The zero-order chi connectivity index (χ0) is 10.3. The van der Waals surface area contributed by atoms with Gasteiger partial charge in [-0.15, -0.1) is 0 Å². The van der Waals surface area contributed by atoms with Gasteiger partial charge >= 0.3 is 79.6 Å². The van der Waals surface area contributed by atoms with Gasteiger partial charge in [0.1, 0.15) is 0 Å². The summed E-state index contributed by atoms with van der Waals surface area (Å²) in [5, 5.41) is 0. The molecule has 0 spiro atoms. The second kappa shape index (κ2) is 6.68. The zero-order valence-corrected chi connectivity index (χ0v) is 9.62. The summed E-state index contributed by atoms with van der Waals surface area (Å²) in [6.07, 6.45) is 1.12. The Kier molecular flexibility index (Phi) is 6.82. The molecule has 13 heavy (non-hydrogen) atoms. The van der Waals surface area contributed by atoms with Crippen LogP contribution >= 0.6 is 7.72 Å². The second-order valence-electron chi connectivity index (χ2n) is 2.87. The van der Waals surface area contributed by atoms with Gasteiger partial charge in [0.05, 0.1) is 0 Å². The Morgan fingerprint density at radius 3 is 1.85 bits per heavy atom. The second-order valence-corrected chi connectivity index (χ2v) is 5.60. The molecule has 0 aliphatic rings. The molecule has 0 bridgehead atoms. The number of rotatable bonds is 7. The number of ether oxygens (including phenoxy) is 2. The Balaban J connectivity index is 4.13. The average Bonchev–Trinajstić information content (AvgIpc) is 2.04. The number of hydrogen-bond donors (Lipinski definition) is 2. The maximum absolute atomic E-state index is 9.68. The van der Waals surface area contributed by atoms with Gasteiger partial charge in [0.25, 0.3) is 0 Å². The molecule has 0 rings (SSSR count). The molecule has 0 fully saturated rings. The van der Waals surface area contributed by atoms with E-state index in [1.807, 2.05) is 20.8 Å². The molecule has 0 unspecified atom stereocenters. The van der Waals surface area contributed by atoms with Crippen molar-refractivity contribution in [1.29, 1.82) is 0 Å². The predicted octanol–water partition coefficient (Wildman–Crippen LogP) is 1.32. The van der Waals surface area contributed by atoms with Gasteiger partial charge in [-0.05, 0) is 0 Å². The van der Waals surface area contributed by atoms with Crippen LogP contribution in [0.25, 0.3) is 0 Å². The molecule has 0 atom stereocenters. The average molecular weight is 212 g/mol. The van der Waals surface area contributed by atoms with Crippen LogP contribution in [0.5, 0.6) is 0 Å². The summed E-state index contributed by atoms with van der Waals surface area (Å²) in [6.45, 7) is 6.39. The van der Waals surface area contributed by atoms with Crippen LogP contribution in [-0.2, 0) is 9.47 Å². The quantitative estimate of drug-likeness (QED) is 0.493. The topological polar surface area (TPSA) is 58.9 Å². The van der Waals surface area contributed by atoms with Crippen LogP contribution in [0, 0.1) is 0 Å². The van der Waals surface area contributed by atoms with Gasteiger partial charge < -0.3 is 0 Å². The molecule has 0 aliphatic carbocycles. The fraction of sp³-hybridized carbons (Fsp3) is 1.00. The summed E-state index contributed by atoms with van der Waals surface area (Å²) in [4.78, 5) is 19.4. The van der Waals surface area contributed by atoms with Gasteiger partial charge in [-0.2, -0.15) is 0 Å². The Bertz CT molecular complexity index is 123. The molecule has 0 aromatic heterocycles. The first-order valence-corrected chi connectivity index (χ1v) is 6.94. The van der Waals surface area contributed by atoms with Crippen LogP contribution < -0.4 is 0 Å². The van der Waals surface area contributed by atoms with Gasteiger partial charge in [-0.25, -0.2) is 0 Å². The van der Waals surface area contributed by atoms with Gasteiger partial charge in [-0.3, -0.25) is 0 Å². The Hall–Kier alpha value is 0.270. The van der Waals surface area contributed by atoms with Crippen molar-refractivity contribution in [3.8, 4) is 0 Å². The van der Waals surface area contributed by atoms with Gasteiger partial charge in [0.15, 0.2) is 0 Å². The molecular formula is C8H21O4P. The summed E-state index contributed by atoms with van der Waals surface area (Å²) >= 11 is 0. The first kappa shape index (κ1) is 13.3. The molecule has 4 nitrogen and oxygen atoms in total. The van der Waals surface area contributed by atoms with E-state index in [-0.39, 0.29) is 0 Å². The third kappa shape index (κ3) is 4.89. The molecule has 0 aromatic carbocycles. The van der Waals surface area contributed by atoms with E-state index < -0.39 is 13.7 Å². The molecule has 2 N–H and O–H groups in total. The minimum absolute atomic E-state index is 0.387. The monoisotopic (exact) mass is 212 g/mol. The van der Waals surface area contributed by atoms with Crippen molar-refractivity contribution in [1.82, 2.24) is 0 Å². The third-order valence-corrected chi connectivity index (χ3v) is 3.96. The molecule has 82 valence electrons. The van der Waals surface area contributed by atoms with Crippen LogP contribution in [0.1, 0.15) is 27.2 Å². The summed E-state index contributed by atoms with van der Waals surface area (Å²) < 4.78 is 10.3. The van der Waals surface area contributed by atoms with E-state index in [9.17, 15) is 9.79 Å². The van der Waals surface area contributed by atoms with Crippen molar-refractivity contribution in [2.24, 2.45) is 0 Å². The van der Waals surface area contributed by atoms with E-state index in [0.29, 0.717) is 19.4 Å². The summed E-state index contributed by atoms with van der Waals surface area (Å²) in [6, 6.07) is -0.803. The van der Waals surface area contributed by atoms with E-state index in [0.717, 1.165) is 6.42 Å². The molecule has 0 heterocycles. The van der Waals surface area contributed by atoms with Gasteiger partial charge in [0.2, 0.25) is 0 Å². The fourth-order valence-electron chi connectivity index (χ4n) is 1.10. The normalized spacial score (nSPS) is 13.7. The Morgan fingerprint density at radius 1 is 1.08 bits per heavy atom. The van der Waals surface area contributed by atoms with Crippen molar-refractivity contribution in [3.05, 3.63) is 0 Å². The SMILES string of the molecule is CCC[PH](O)(O)C(OCC)OCC. The van der Waals surface area contributed by atoms with Crippen LogP contribution in [0.15, 0.2) is 0 Å². The summed E-state index contributed by atoms with van der Waals surface area (Å²) in [5.41, 5.74) is 0. The van der Waals surface area contributed by atoms with Crippen LogP contribution in [0.3, 0.4) is 0 Å². The molecule has 0 radical (unpaired) electrons. The molecule has 0 saturated heterocycles. The van der Waals surface area contributed by atoms with E-state index in [4.69, 9.17) is 9.47 Å². The number of hydrogen-bond acceptors (Lipinski definition) is 4. The van der Waals surface area contributed by atoms with E-state index in [2.05, 4.69) is 0 Å². The molecule has 5 heteroatoms. The van der Waals surface area contributed by atoms with Crippen molar-refractivity contribution in [2.75, 3.05) is 19.4 Å². The summed E-state index contributed by atoms with van der Waals surface area (Å²) in [5.74, 6) is 0. The van der Waals surface area contributed by atoms with Crippen molar-refractivity contribution < 1.29 is 19.3 Å². The Labute approximate surface area is 80.4 Å². The fourth-order valence-corrected chi connectivity index (χ4v) is 2.94. The Morgan fingerprint density at radius 2 is 1.54 bits per heavy atom.